The fourth-order valence-corrected chi connectivity index (χ4v) is 4.05. The van der Waals surface area contributed by atoms with E-state index in [-0.39, 0.29) is 12.1 Å². The maximum Gasteiger partial charge on any atom is 0.313 e. The lowest BCUT2D eigenvalue weighted by molar-refractivity contribution is -0.142. The summed E-state index contributed by atoms with van der Waals surface area (Å²) in [6.07, 6.45) is 2.66. The molecule has 3 aromatic rings. The van der Waals surface area contributed by atoms with E-state index in [0.717, 1.165) is 36.6 Å². The van der Waals surface area contributed by atoms with E-state index in [1.807, 2.05) is 42.5 Å². The maximum absolute atomic E-state index is 11.5. The molecule has 0 radical (unpaired) electrons. The Kier molecular flexibility index (Phi) is 6.42. The number of aliphatic carboxylic acids is 1. The number of pyridine rings is 1. The summed E-state index contributed by atoms with van der Waals surface area (Å²) in [7, 11) is 0. The van der Waals surface area contributed by atoms with Crippen molar-refractivity contribution in [3.05, 3.63) is 89.6 Å². The number of anilines is 2. The van der Waals surface area contributed by atoms with Crippen molar-refractivity contribution in [2.24, 2.45) is 0 Å². The highest BCUT2D eigenvalue weighted by Crippen LogP contribution is 2.28. The highest BCUT2D eigenvalue weighted by Gasteiger charge is 2.29. The van der Waals surface area contributed by atoms with E-state index in [0.29, 0.717) is 0 Å². The molecule has 0 spiro atoms. The van der Waals surface area contributed by atoms with Gasteiger partial charge in [-0.1, -0.05) is 54.6 Å². The van der Waals surface area contributed by atoms with Crippen LogP contribution in [-0.2, 0) is 16.6 Å². The number of hydrogen-bond donors (Lipinski definition) is 4. The van der Waals surface area contributed by atoms with Crippen LogP contribution in [-0.4, -0.2) is 35.2 Å². The van der Waals surface area contributed by atoms with Crippen molar-refractivity contribution in [1.82, 2.24) is 10.3 Å². The molecule has 0 aliphatic carbocycles. The summed E-state index contributed by atoms with van der Waals surface area (Å²) in [6.45, 7) is 5.06. The second kappa shape index (κ2) is 9.40. The van der Waals surface area contributed by atoms with Crippen LogP contribution in [0.1, 0.15) is 36.6 Å². The van der Waals surface area contributed by atoms with Crippen LogP contribution in [0.5, 0.6) is 0 Å². The van der Waals surface area contributed by atoms with Crippen LogP contribution in [0, 0.1) is 0 Å². The first kappa shape index (κ1) is 21.8. The Morgan fingerprint density at radius 3 is 2.59 bits per heavy atom. The number of fused-ring (bicyclic) bond motifs is 1. The van der Waals surface area contributed by atoms with Gasteiger partial charge < -0.3 is 21.1 Å². The van der Waals surface area contributed by atoms with Crippen LogP contribution in [0.25, 0.3) is 0 Å². The van der Waals surface area contributed by atoms with Gasteiger partial charge in [0.15, 0.2) is 0 Å². The van der Waals surface area contributed by atoms with Gasteiger partial charge in [0.2, 0.25) is 0 Å². The summed E-state index contributed by atoms with van der Waals surface area (Å²) < 4.78 is 0. The number of nitrogens with zero attached hydrogens (tertiary/aromatic N) is 1. The van der Waals surface area contributed by atoms with E-state index in [1.54, 1.807) is 20.0 Å². The molecule has 0 amide bonds. The summed E-state index contributed by atoms with van der Waals surface area (Å²) in [5.41, 5.74) is 3.35. The van der Waals surface area contributed by atoms with E-state index in [2.05, 4.69) is 45.2 Å². The first-order valence-corrected chi connectivity index (χ1v) is 11.0. The van der Waals surface area contributed by atoms with Crippen molar-refractivity contribution in [2.45, 2.75) is 37.8 Å². The van der Waals surface area contributed by atoms with E-state index >= 15 is 0 Å². The lowest BCUT2D eigenvalue weighted by atomic mass is 9.84. The highest BCUT2D eigenvalue weighted by atomic mass is 16.4. The van der Waals surface area contributed by atoms with Gasteiger partial charge in [-0.3, -0.25) is 4.79 Å². The van der Waals surface area contributed by atoms with Crippen molar-refractivity contribution < 1.29 is 9.90 Å². The summed E-state index contributed by atoms with van der Waals surface area (Å²) in [4.78, 5) is 16.0. The molecule has 166 valence electrons. The first-order valence-electron chi connectivity index (χ1n) is 11.0. The van der Waals surface area contributed by atoms with Gasteiger partial charge in [-0.15, -0.1) is 0 Å². The zero-order valence-corrected chi connectivity index (χ0v) is 18.5. The lowest BCUT2D eigenvalue weighted by Gasteiger charge is -2.34. The Bertz CT molecular complexity index is 1050. The number of benzene rings is 2. The molecule has 2 heterocycles. The third-order valence-corrected chi connectivity index (χ3v) is 6.19. The third kappa shape index (κ3) is 4.75. The van der Waals surface area contributed by atoms with E-state index in [9.17, 15) is 9.90 Å². The van der Waals surface area contributed by atoms with Crippen LogP contribution in [0.3, 0.4) is 0 Å². The summed E-state index contributed by atoms with van der Waals surface area (Å²) >= 11 is 0. The molecular weight excluding hydrogens is 400 g/mol. The molecule has 1 aromatic heterocycles. The minimum Gasteiger partial charge on any atom is -0.481 e. The molecule has 0 saturated heterocycles. The number of aromatic nitrogens is 1. The lowest BCUT2D eigenvalue weighted by Crippen LogP contribution is -2.44. The second-order valence-corrected chi connectivity index (χ2v) is 8.75. The van der Waals surface area contributed by atoms with Crippen LogP contribution in [0.4, 0.5) is 11.5 Å². The van der Waals surface area contributed by atoms with Crippen molar-refractivity contribution in [2.75, 3.05) is 23.7 Å². The molecule has 6 nitrogen and oxygen atoms in total. The molecule has 6 heteroatoms. The molecule has 2 atom stereocenters. The van der Waals surface area contributed by atoms with Crippen LogP contribution >= 0.6 is 0 Å². The van der Waals surface area contributed by atoms with E-state index < -0.39 is 11.4 Å². The van der Waals surface area contributed by atoms with Gasteiger partial charge in [0.25, 0.3) is 0 Å². The quantitative estimate of drug-likeness (QED) is 0.428. The van der Waals surface area contributed by atoms with Crippen LogP contribution in [0.15, 0.2) is 72.9 Å². The van der Waals surface area contributed by atoms with Gasteiger partial charge >= 0.3 is 5.97 Å². The molecule has 0 unspecified atom stereocenters. The zero-order valence-electron chi connectivity index (χ0n) is 18.5. The summed E-state index contributed by atoms with van der Waals surface area (Å²) in [5, 5.41) is 20.2. The fraction of sp³-hybridized carbons (Fsp3) is 0.308. The number of carbonyl (C=O) groups is 1. The molecular formula is C26H30N4O2. The first-order chi connectivity index (χ1) is 15.4. The highest BCUT2D eigenvalue weighted by molar-refractivity contribution is 5.80. The topological polar surface area (TPSA) is 86.3 Å². The molecule has 4 rings (SSSR count). The van der Waals surface area contributed by atoms with Gasteiger partial charge in [-0.2, -0.15) is 0 Å². The minimum absolute atomic E-state index is 0.115. The average molecular weight is 431 g/mol. The zero-order chi connectivity index (χ0) is 22.6. The molecule has 32 heavy (non-hydrogen) atoms. The maximum atomic E-state index is 11.5. The molecule has 1 aliphatic rings. The molecule has 0 bridgehead atoms. The predicted molar refractivity (Wildman–Crippen MR) is 128 cm³/mol. The number of hydrogen-bond acceptors (Lipinski definition) is 5. The van der Waals surface area contributed by atoms with Gasteiger partial charge in [0.05, 0.1) is 23.2 Å². The molecule has 4 N–H and O–H groups in total. The summed E-state index contributed by atoms with van der Waals surface area (Å²) in [5.74, 6) is 0.0605. The fourth-order valence-electron chi connectivity index (χ4n) is 4.05. The Hall–Kier alpha value is -3.38. The Morgan fingerprint density at radius 1 is 1.12 bits per heavy atom. The van der Waals surface area contributed by atoms with Gasteiger partial charge in [0.1, 0.15) is 5.82 Å². The number of rotatable bonds is 8. The third-order valence-electron chi connectivity index (χ3n) is 6.19. The summed E-state index contributed by atoms with van der Waals surface area (Å²) in [6, 6.07) is 22.6. The normalized spacial score (nSPS) is 16.4. The second-order valence-electron chi connectivity index (χ2n) is 8.75. The average Bonchev–Trinajstić information content (AvgIpc) is 2.82. The van der Waals surface area contributed by atoms with Crippen molar-refractivity contribution in [1.29, 1.82) is 0 Å². The molecule has 0 fully saturated rings. The standard InChI is InChI=1S/C26H30N4O2/c1-26(2,25(31)32)20-12-10-18(11-13-20)14-16-27-23(19-7-4-3-5-8-19)22-17-29-21-9-6-15-28-24(21)30-22/h3-13,15,22-23,27,29H,14,16-17H2,1-2H3,(H,28,30)(H,31,32)/t22-,23-/m1/s1. The van der Waals surface area contributed by atoms with Gasteiger partial charge in [-0.25, -0.2) is 4.98 Å². The molecule has 0 saturated carbocycles. The van der Waals surface area contributed by atoms with Crippen molar-refractivity contribution in [3.8, 4) is 0 Å². The van der Waals surface area contributed by atoms with Crippen molar-refractivity contribution in [3.63, 3.8) is 0 Å². The van der Waals surface area contributed by atoms with Crippen molar-refractivity contribution >= 4 is 17.5 Å². The van der Waals surface area contributed by atoms with E-state index in [4.69, 9.17) is 0 Å². The largest absolute Gasteiger partial charge is 0.481 e. The predicted octanol–water partition coefficient (Wildman–Crippen LogP) is 4.22. The Labute approximate surface area is 189 Å². The number of carboxylic acids is 1. The number of carboxylic acid groups (broad SMARTS) is 1. The van der Waals surface area contributed by atoms with Gasteiger partial charge in [0, 0.05) is 12.7 Å². The minimum atomic E-state index is -0.890. The van der Waals surface area contributed by atoms with E-state index in [1.165, 1.54) is 11.1 Å². The van der Waals surface area contributed by atoms with Crippen LogP contribution in [0.2, 0.25) is 0 Å². The number of nitrogens with one attached hydrogen (secondary N) is 3. The molecule has 1 aliphatic heterocycles. The SMILES string of the molecule is CC(C)(C(=O)O)c1ccc(CCN[C@H](c2ccccc2)[C@H]2CNc3cccnc3N2)cc1. The smallest absolute Gasteiger partial charge is 0.313 e. The molecule has 2 aromatic carbocycles. The monoisotopic (exact) mass is 430 g/mol. The van der Waals surface area contributed by atoms with Gasteiger partial charge in [-0.05, 0) is 55.6 Å². The Morgan fingerprint density at radius 2 is 1.88 bits per heavy atom. The Balaban J connectivity index is 1.43. The van der Waals surface area contributed by atoms with Crippen LogP contribution < -0.4 is 16.0 Å².